The third-order valence-electron chi connectivity index (χ3n) is 2.80. The summed E-state index contributed by atoms with van der Waals surface area (Å²) in [5.74, 6) is 1.07. The van der Waals surface area contributed by atoms with Crippen LogP contribution in [0.15, 0.2) is 6.20 Å². The molecule has 0 aliphatic rings. The van der Waals surface area contributed by atoms with E-state index < -0.39 is 0 Å². The Balaban J connectivity index is 2.37. The van der Waals surface area contributed by atoms with Gasteiger partial charge in [0.05, 0.1) is 12.3 Å². The van der Waals surface area contributed by atoms with Crippen molar-refractivity contribution in [3.05, 3.63) is 17.7 Å². The van der Waals surface area contributed by atoms with Gasteiger partial charge in [0.1, 0.15) is 5.82 Å². The molecule has 0 aliphatic carbocycles. The van der Waals surface area contributed by atoms with Crippen molar-refractivity contribution in [2.24, 2.45) is 0 Å². The molecule has 0 saturated carbocycles. The zero-order valence-corrected chi connectivity index (χ0v) is 11.3. The molecular weight excluding hydrogens is 214 g/mol. The summed E-state index contributed by atoms with van der Waals surface area (Å²) >= 11 is 0. The van der Waals surface area contributed by atoms with Crippen LogP contribution in [0.1, 0.15) is 38.2 Å². The average Bonchev–Trinajstić information content (AvgIpc) is 2.68. The molecule has 0 atom stereocenters. The van der Waals surface area contributed by atoms with Gasteiger partial charge in [0, 0.05) is 25.9 Å². The minimum Gasteiger partial charge on any atom is -0.380 e. The lowest BCUT2D eigenvalue weighted by atomic mass is 10.4. The van der Waals surface area contributed by atoms with Crippen LogP contribution >= 0.6 is 0 Å². The third-order valence-corrected chi connectivity index (χ3v) is 2.80. The number of nitrogens with zero attached hydrogens (tertiary/aromatic N) is 2. The molecule has 0 saturated heterocycles. The third kappa shape index (κ3) is 4.88. The van der Waals surface area contributed by atoms with Crippen molar-refractivity contribution in [3.8, 4) is 0 Å². The summed E-state index contributed by atoms with van der Waals surface area (Å²) in [6.45, 7) is 10.7. The fourth-order valence-electron chi connectivity index (χ4n) is 1.72. The zero-order chi connectivity index (χ0) is 12.5. The highest BCUT2D eigenvalue weighted by molar-refractivity contribution is 5.04. The SMILES string of the molecule is CCCCOCCn1c(CNCC)cnc1C. The van der Waals surface area contributed by atoms with Gasteiger partial charge in [-0.25, -0.2) is 4.98 Å². The standard InChI is InChI=1S/C13H25N3O/c1-4-6-8-17-9-7-16-12(3)15-11-13(16)10-14-5-2/h11,14H,4-10H2,1-3H3. The van der Waals surface area contributed by atoms with Crippen molar-refractivity contribution in [1.82, 2.24) is 14.9 Å². The van der Waals surface area contributed by atoms with Crippen LogP contribution < -0.4 is 5.32 Å². The van der Waals surface area contributed by atoms with Crippen molar-refractivity contribution in [2.45, 2.75) is 46.7 Å². The lowest BCUT2D eigenvalue weighted by Crippen LogP contribution is -2.17. The lowest BCUT2D eigenvalue weighted by molar-refractivity contribution is 0.122. The molecule has 0 aromatic carbocycles. The molecule has 0 amide bonds. The van der Waals surface area contributed by atoms with E-state index in [4.69, 9.17) is 4.74 Å². The fourth-order valence-corrected chi connectivity index (χ4v) is 1.72. The maximum atomic E-state index is 5.59. The Kier molecular flexibility index (Phi) is 6.89. The summed E-state index contributed by atoms with van der Waals surface area (Å²) in [5.41, 5.74) is 1.24. The normalized spacial score (nSPS) is 11.0. The second kappa shape index (κ2) is 8.25. The van der Waals surface area contributed by atoms with Gasteiger partial charge in [-0.15, -0.1) is 0 Å². The van der Waals surface area contributed by atoms with Crippen molar-refractivity contribution in [1.29, 1.82) is 0 Å². The van der Waals surface area contributed by atoms with E-state index in [0.29, 0.717) is 0 Å². The summed E-state index contributed by atoms with van der Waals surface area (Å²) in [5, 5.41) is 3.33. The minimum absolute atomic E-state index is 0.774. The Hall–Kier alpha value is -0.870. The Bertz CT molecular complexity index is 310. The van der Waals surface area contributed by atoms with Gasteiger partial charge in [0.15, 0.2) is 0 Å². The lowest BCUT2D eigenvalue weighted by Gasteiger charge is -2.11. The molecule has 17 heavy (non-hydrogen) atoms. The van der Waals surface area contributed by atoms with Crippen molar-refractivity contribution < 1.29 is 4.74 Å². The number of ether oxygens (including phenoxy) is 1. The van der Waals surface area contributed by atoms with Crippen LogP contribution in [0.2, 0.25) is 0 Å². The molecule has 1 rings (SSSR count). The van der Waals surface area contributed by atoms with Crippen LogP contribution in [0.4, 0.5) is 0 Å². The van der Waals surface area contributed by atoms with Crippen LogP contribution in [-0.4, -0.2) is 29.3 Å². The summed E-state index contributed by atoms with van der Waals surface area (Å²) in [6.07, 6.45) is 4.28. The largest absolute Gasteiger partial charge is 0.380 e. The number of imidazole rings is 1. The summed E-state index contributed by atoms with van der Waals surface area (Å²) in [7, 11) is 0. The number of hydrogen-bond acceptors (Lipinski definition) is 3. The van der Waals surface area contributed by atoms with Crippen LogP contribution in [-0.2, 0) is 17.8 Å². The Morgan fingerprint density at radius 1 is 1.35 bits per heavy atom. The van der Waals surface area contributed by atoms with Gasteiger partial charge >= 0.3 is 0 Å². The predicted molar refractivity (Wildman–Crippen MR) is 70.1 cm³/mol. The van der Waals surface area contributed by atoms with E-state index in [1.54, 1.807) is 0 Å². The Labute approximate surface area is 104 Å². The topological polar surface area (TPSA) is 39.1 Å². The van der Waals surface area contributed by atoms with E-state index in [1.807, 2.05) is 13.1 Å². The van der Waals surface area contributed by atoms with E-state index >= 15 is 0 Å². The van der Waals surface area contributed by atoms with E-state index in [0.717, 1.165) is 45.1 Å². The zero-order valence-electron chi connectivity index (χ0n) is 11.3. The van der Waals surface area contributed by atoms with Crippen molar-refractivity contribution in [2.75, 3.05) is 19.8 Å². The summed E-state index contributed by atoms with van der Waals surface area (Å²) < 4.78 is 7.82. The molecular formula is C13H25N3O. The molecule has 0 radical (unpaired) electrons. The molecule has 0 fully saturated rings. The predicted octanol–water partition coefficient (Wildman–Crippen LogP) is 2.12. The van der Waals surface area contributed by atoms with E-state index in [2.05, 4.69) is 28.7 Å². The second-order valence-corrected chi connectivity index (χ2v) is 4.19. The first kappa shape index (κ1) is 14.2. The number of nitrogens with one attached hydrogen (secondary N) is 1. The number of aryl methyl sites for hydroxylation is 1. The summed E-state index contributed by atoms with van der Waals surface area (Å²) in [4.78, 5) is 4.35. The molecule has 1 heterocycles. The van der Waals surface area contributed by atoms with Crippen molar-refractivity contribution in [3.63, 3.8) is 0 Å². The highest BCUT2D eigenvalue weighted by Gasteiger charge is 2.05. The summed E-state index contributed by atoms with van der Waals surface area (Å²) in [6, 6.07) is 0. The number of unbranched alkanes of at least 4 members (excludes halogenated alkanes) is 1. The van der Waals surface area contributed by atoms with Gasteiger partial charge in [0.25, 0.3) is 0 Å². The second-order valence-electron chi connectivity index (χ2n) is 4.19. The van der Waals surface area contributed by atoms with E-state index in [-0.39, 0.29) is 0 Å². The first-order valence-corrected chi connectivity index (χ1v) is 6.59. The monoisotopic (exact) mass is 239 g/mol. The highest BCUT2D eigenvalue weighted by Crippen LogP contribution is 2.04. The van der Waals surface area contributed by atoms with E-state index in [1.165, 1.54) is 12.1 Å². The van der Waals surface area contributed by atoms with Gasteiger partial charge in [-0.05, 0) is 19.9 Å². The van der Waals surface area contributed by atoms with Gasteiger partial charge in [-0.1, -0.05) is 20.3 Å². The van der Waals surface area contributed by atoms with Gasteiger partial charge in [-0.2, -0.15) is 0 Å². The van der Waals surface area contributed by atoms with Crippen LogP contribution in [0.3, 0.4) is 0 Å². The molecule has 1 aromatic rings. The Morgan fingerprint density at radius 2 is 2.18 bits per heavy atom. The average molecular weight is 239 g/mol. The number of rotatable bonds is 9. The van der Waals surface area contributed by atoms with Gasteiger partial charge < -0.3 is 14.6 Å². The maximum Gasteiger partial charge on any atom is 0.105 e. The highest BCUT2D eigenvalue weighted by atomic mass is 16.5. The molecule has 0 bridgehead atoms. The maximum absolute atomic E-state index is 5.59. The number of aromatic nitrogens is 2. The number of hydrogen-bond donors (Lipinski definition) is 1. The first-order valence-electron chi connectivity index (χ1n) is 6.59. The molecule has 4 heteroatoms. The molecule has 0 unspecified atom stereocenters. The van der Waals surface area contributed by atoms with Crippen LogP contribution in [0.5, 0.6) is 0 Å². The molecule has 0 aliphatic heterocycles. The van der Waals surface area contributed by atoms with Gasteiger partial charge in [-0.3, -0.25) is 0 Å². The molecule has 1 N–H and O–H groups in total. The van der Waals surface area contributed by atoms with Crippen molar-refractivity contribution >= 4 is 0 Å². The molecule has 4 nitrogen and oxygen atoms in total. The fraction of sp³-hybridized carbons (Fsp3) is 0.769. The van der Waals surface area contributed by atoms with Gasteiger partial charge in [0.2, 0.25) is 0 Å². The minimum atomic E-state index is 0.774. The molecule has 1 aromatic heterocycles. The molecule has 0 spiro atoms. The van der Waals surface area contributed by atoms with E-state index in [9.17, 15) is 0 Å². The molecule has 98 valence electrons. The Morgan fingerprint density at radius 3 is 2.88 bits per heavy atom. The first-order chi connectivity index (χ1) is 8.29. The quantitative estimate of drug-likeness (QED) is 0.671. The van der Waals surface area contributed by atoms with Crippen LogP contribution in [0.25, 0.3) is 0 Å². The van der Waals surface area contributed by atoms with Crippen LogP contribution in [0, 0.1) is 6.92 Å². The smallest absolute Gasteiger partial charge is 0.105 e.